The zero-order chi connectivity index (χ0) is 12.0. The van der Waals surface area contributed by atoms with E-state index in [1.54, 1.807) is 6.08 Å². The summed E-state index contributed by atoms with van der Waals surface area (Å²) in [5, 5.41) is 3.31. The van der Waals surface area contributed by atoms with Crippen LogP contribution in [0.25, 0.3) is 0 Å². The molecule has 16 heavy (non-hydrogen) atoms. The Balaban J connectivity index is 2.78. The van der Waals surface area contributed by atoms with Gasteiger partial charge < -0.3 is 9.15 Å². The molecular weight excluding hydrogens is 238 g/mol. The summed E-state index contributed by atoms with van der Waals surface area (Å²) in [5.74, 6) is -1.11. The minimum absolute atomic E-state index is 0.147. The molecule has 1 heterocycles. The summed E-state index contributed by atoms with van der Waals surface area (Å²) in [6, 6.07) is 0. The van der Waals surface area contributed by atoms with E-state index in [1.807, 2.05) is 6.92 Å². The molecule has 0 aliphatic rings. The van der Waals surface area contributed by atoms with E-state index < -0.39 is 17.4 Å². The lowest BCUT2D eigenvalue weighted by molar-refractivity contribution is 0.129. The van der Waals surface area contributed by atoms with Crippen molar-refractivity contribution in [2.24, 2.45) is 0 Å². The Hall–Kier alpha value is -1.56. The molecule has 0 fully saturated rings. The quantitative estimate of drug-likeness (QED) is 0.587. The van der Waals surface area contributed by atoms with E-state index in [2.05, 4.69) is 18.8 Å². The maximum absolute atomic E-state index is 10.6. The molecule has 0 aliphatic heterocycles. The van der Waals surface area contributed by atoms with Gasteiger partial charge in [-0.2, -0.15) is 0 Å². The third-order valence-corrected chi connectivity index (χ3v) is 1.72. The van der Waals surface area contributed by atoms with Crippen molar-refractivity contribution in [1.29, 1.82) is 0 Å². The van der Waals surface area contributed by atoms with Crippen LogP contribution in [0.1, 0.15) is 31.8 Å². The second-order valence-corrected chi connectivity index (χ2v) is 3.17. The minimum atomic E-state index is -1.02. The summed E-state index contributed by atoms with van der Waals surface area (Å²) in [6.45, 7) is 1.99. The van der Waals surface area contributed by atoms with Crippen LogP contribution < -0.4 is 5.82 Å². The summed E-state index contributed by atoms with van der Waals surface area (Å²) in [4.78, 5) is 21.2. The van der Waals surface area contributed by atoms with Crippen LogP contribution in [-0.4, -0.2) is 10.6 Å². The Morgan fingerprint density at radius 3 is 2.94 bits per heavy atom. The topological polar surface area (TPSA) is 82.5 Å². The highest BCUT2D eigenvalue weighted by atomic mass is 35.5. The monoisotopic (exact) mass is 247 g/mol. The molecule has 0 spiro atoms. The number of hydrogen-bond donors (Lipinski definition) is 0. The summed E-state index contributed by atoms with van der Waals surface area (Å²) in [6.07, 6.45) is 4.06. The fourth-order valence-corrected chi connectivity index (χ4v) is 1.07. The largest absolute Gasteiger partial charge is 0.542 e. The molecule has 1 aromatic rings. The van der Waals surface area contributed by atoms with Gasteiger partial charge in [-0.25, -0.2) is 9.59 Å². The number of allylic oxidation sites excluding steroid dienone is 1. The Labute approximate surface area is 95.8 Å². The molecule has 0 aliphatic carbocycles. The van der Waals surface area contributed by atoms with Crippen molar-refractivity contribution in [3.05, 3.63) is 28.7 Å². The lowest BCUT2D eigenvalue weighted by Gasteiger charge is -2.05. The van der Waals surface area contributed by atoms with E-state index in [4.69, 9.17) is 11.6 Å². The van der Waals surface area contributed by atoms with Crippen molar-refractivity contribution in [2.45, 2.75) is 25.9 Å². The molecule has 1 rings (SSSR count). The first-order valence-corrected chi connectivity index (χ1v) is 5.00. The molecule has 0 aromatic carbocycles. The van der Waals surface area contributed by atoms with Crippen molar-refractivity contribution in [1.82, 2.24) is 5.16 Å². The lowest BCUT2D eigenvalue weighted by atomic mass is 10.2. The summed E-state index contributed by atoms with van der Waals surface area (Å²) >= 11 is 5.07. The molecule has 0 N–H and O–H groups in total. The van der Waals surface area contributed by atoms with Crippen molar-refractivity contribution >= 4 is 17.0 Å². The second kappa shape index (κ2) is 6.12. The first kappa shape index (κ1) is 12.5. The van der Waals surface area contributed by atoms with Crippen LogP contribution in [0.5, 0.6) is 0 Å². The fourth-order valence-electron chi connectivity index (χ4n) is 0.973. The molecular formula is C9H10ClNO5. The first-order chi connectivity index (χ1) is 7.63. The fraction of sp³-hybridized carbons (Fsp3) is 0.444. The van der Waals surface area contributed by atoms with Gasteiger partial charge in [0.05, 0.1) is 0 Å². The molecule has 0 amide bonds. The molecule has 6 nitrogen and oxygen atoms in total. The van der Waals surface area contributed by atoms with E-state index in [0.717, 1.165) is 12.8 Å². The number of rotatable bonds is 5. The number of aromatic nitrogens is 1. The van der Waals surface area contributed by atoms with Gasteiger partial charge in [-0.3, -0.25) is 4.52 Å². The normalized spacial score (nSPS) is 12.9. The highest BCUT2D eigenvalue weighted by Gasteiger charge is 2.19. The molecule has 0 saturated carbocycles. The average Bonchev–Trinajstić information content (AvgIpc) is 2.63. The van der Waals surface area contributed by atoms with Crippen LogP contribution >= 0.6 is 11.6 Å². The number of unbranched alkanes of at least 4 members (excludes halogenated alkanes) is 1. The number of carbonyl (C=O) groups excluding carboxylic acids is 1. The summed E-state index contributed by atoms with van der Waals surface area (Å²) < 4.78 is 13.4. The van der Waals surface area contributed by atoms with Crippen LogP contribution in [0.3, 0.4) is 0 Å². The molecule has 88 valence electrons. The summed E-state index contributed by atoms with van der Waals surface area (Å²) in [7, 11) is 0. The van der Waals surface area contributed by atoms with Gasteiger partial charge in [-0.15, -0.1) is 0 Å². The Bertz CT molecular complexity index is 422. The van der Waals surface area contributed by atoms with E-state index in [-0.39, 0.29) is 5.89 Å². The Morgan fingerprint density at radius 2 is 2.44 bits per heavy atom. The van der Waals surface area contributed by atoms with Crippen LogP contribution in [0.2, 0.25) is 0 Å². The van der Waals surface area contributed by atoms with Crippen molar-refractivity contribution in [3.8, 4) is 0 Å². The highest BCUT2D eigenvalue weighted by Crippen LogP contribution is 2.17. The van der Waals surface area contributed by atoms with Gasteiger partial charge in [-0.05, 0) is 17.7 Å². The number of hydrogen-bond acceptors (Lipinski definition) is 6. The van der Waals surface area contributed by atoms with Gasteiger partial charge >= 0.3 is 11.3 Å². The van der Waals surface area contributed by atoms with E-state index in [9.17, 15) is 9.59 Å². The molecule has 7 heteroatoms. The zero-order valence-electron chi connectivity index (χ0n) is 8.51. The van der Waals surface area contributed by atoms with Crippen molar-refractivity contribution in [3.63, 3.8) is 0 Å². The standard InChI is InChI=1S/C9H10ClNO5/c1-2-3-4-5-6(14-8(10)12)7-11-16-9(13)15-7/h4-6H,2-3H2,1H3/b5-4+. The molecule has 1 unspecified atom stereocenters. The molecule has 0 saturated heterocycles. The Kier molecular flexibility index (Phi) is 4.78. The van der Waals surface area contributed by atoms with Gasteiger partial charge in [-0.1, -0.05) is 19.4 Å². The minimum Gasteiger partial charge on any atom is -0.436 e. The molecule has 1 aromatic heterocycles. The van der Waals surface area contributed by atoms with E-state index in [0.29, 0.717) is 0 Å². The third-order valence-electron chi connectivity index (χ3n) is 1.63. The second-order valence-electron chi connectivity index (χ2n) is 2.87. The third kappa shape index (κ3) is 3.90. The lowest BCUT2D eigenvalue weighted by Crippen LogP contribution is -2.04. The zero-order valence-corrected chi connectivity index (χ0v) is 9.27. The van der Waals surface area contributed by atoms with Crippen LogP contribution in [0, 0.1) is 0 Å². The van der Waals surface area contributed by atoms with Gasteiger partial charge in [0, 0.05) is 11.6 Å². The highest BCUT2D eigenvalue weighted by molar-refractivity contribution is 6.61. The number of ether oxygens (including phenoxy) is 1. The van der Waals surface area contributed by atoms with Gasteiger partial charge in [0.25, 0.3) is 5.89 Å². The van der Waals surface area contributed by atoms with Crippen LogP contribution in [0.4, 0.5) is 4.79 Å². The van der Waals surface area contributed by atoms with Gasteiger partial charge in [0.1, 0.15) is 0 Å². The predicted molar refractivity (Wildman–Crippen MR) is 54.2 cm³/mol. The van der Waals surface area contributed by atoms with Gasteiger partial charge in [0.15, 0.2) is 0 Å². The predicted octanol–water partition coefficient (Wildman–Crippen LogP) is 2.40. The maximum Gasteiger partial charge on any atom is 0.542 e. The van der Waals surface area contributed by atoms with Gasteiger partial charge in [0.2, 0.25) is 6.10 Å². The SMILES string of the molecule is CCC/C=C/C(OC(=O)Cl)c1noc(=O)o1. The van der Waals surface area contributed by atoms with Crippen LogP contribution in [0.15, 0.2) is 25.9 Å². The van der Waals surface area contributed by atoms with E-state index in [1.165, 1.54) is 6.08 Å². The van der Waals surface area contributed by atoms with Crippen LogP contribution in [-0.2, 0) is 4.74 Å². The summed E-state index contributed by atoms with van der Waals surface area (Å²) in [5.41, 5.74) is -1.02. The number of carbonyl (C=O) groups is 1. The first-order valence-electron chi connectivity index (χ1n) is 4.63. The maximum atomic E-state index is 10.6. The van der Waals surface area contributed by atoms with Crippen molar-refractivity contribution < 1.29 is 18.5 Å². The van der Waals surface area contributed by atoms with E-state index >= 15 is 0 Å². The average molecular weight is 248 g/mol. The number of halogens is 1. The molecule has 0 radical (unpaired) electrons. The van der Waals surface area contributed by atoms with Crippen molar-refractivity contribution in [2.75, 3.05) is 0 Å². The molecule has 0 bridgehead atoms. The molecule has 1 atom stereocenters. The Morgan fingerprint density at radius 1 is 1.69 bits per heavy atom. The number of nitrogens with zero attached hydrogens (tertiary/aromatic N) is 1. The smallest absolute Gasteiger partial charge is 0.436 e.